The number of hydrogen-bond acceptors (Lipinski definition) is 4. The molecule has 3 rings (SSSR count). The third-order valence-electron chi connectivity index (χ3n) is 2.50. The van der Waals surface area contributed by atoms with Crippen molar-refractivity contribution in [3.05, 3.63) is 46.3 Å². The topological polar surface area (TPSA) is 43.6 Å². The molecular formula is C12H6ClFN2O2S. The number of carbonyl (C=O) groups excluding carboxylic acids is 1. The first kappa shape index (κ1) is 12.1. The number of carbonyl (C=O) groups is 1. The number of benzene rings is 1. The van der Waals surface area contributed by atoms with E-state index >= 15 is 0 Å². The van der Waals surface area contributed by atoms with Crippen molar-refractivity contribution in [3.8, 4) is 11.6 Å². The van der Waals surface area contributed by atoms with Crippen molar-refractivity contribution in [2.75, 3.05) is 0 Å². The lowest BCUT2D eigenvalue weighted by molar-refractivity contribution is 0.111. The molecule has 0 aliphatic heterocycles. The Balaban J connectivity index is 2.07. The van der Waals surface area contributed by atoms with Gasteiger partial charge in [0.15, 0.2) is 28.5 Å². The second-order valence-electron chi connectivity index (χ2n) is 3.63. The van der Waals surface area contributed by atoms with Crippen LogP contribution in [0.1, 0.15) is 10.5 Å². The van der Waals surface area contributed by atoms with Crippen LogP contribution < -0.4 is 4.74 Å². The van der Waals surface area contributed by atoms with Gasteiger partial charge in [0.1, 0.15) is 0 Å². The number of aromatic nitrogens is 2. The Labute approximate surface area is 116 Å². The van der Waals surface area contributed by atoms with Crippen molar-refractivity contribution >= 4 is 34.2 Å². The first-order valence-electron chi connectivity index (χ1n) is 5.23. The summed E-state index contributed by atoms with van der Waals surface area (Å²) in [6, 6.07) is 4.39. The van der Waals surface area contributed by atoms with E-state index in [9.17, 15) is 9.18 Å². The van der Waals surface area contributed by atoms with E-state index in [2.05, 4.69) is 4.98 Å². The summed E-state index contributed by atoms with van der Waals surface area (Å²) in [5.41, 5.74) is 0.232. The Hall–Kier alpha value is -1.92. The molecule has 0 bridgehead atoms. The van der Waals surface area contributed by atoms with Gasteiger partial charge in [-0.15, -0.1) is 11.3 Å². The first-order chi connectivity index (χ1) is 9.20. The van der Waals surface area contributed by atoms with Crippen LogP contribution in [0.4, 0.5) is 4.39 Å². The lowest BCUT2D eigenvalue weighted by Crippen LogP contribution is -1.94. The molecule has 19 heavy (non-hydrogen) atoms. The number of nitrogens with zero attached hydrogens (tertiary/aromatic N) is 2. The van der Waals surface area contributed by atoms with Crippen molar-refractivity contribution in [3.63, 3.8) is 0 Å². The van der Waals surface area contributed by atoms with Crippen molar-refractivity contribution in [1.29, 1.82) is 0 Å². The summed E-state index contributed by atoms with van der Waals surface area (Å²) in [7, 11) is 0. The molecule has 0 atom stereocenters. The molecule has 0 unspecified atom stereocenters. The third-order valence-corrected chi connectivity index (χ3v) is 3.55. The molecule has 3 aromatic rings. The molecule has 0 aliphatic carbocycles. The van der Waals surface area contributed by atoms with Gasteiger partial charge in [-0.1, -0.05) is 17.7 Å². The number of ether oxygens (including phenoxy) is 1. The zero-order chi connectivity index (χ0) is 13.4. The van der Waals surface area contributed by atoms with E-state index in [1.165, 1.54) is 23.5 Å². The lowest BCUT2D eigenvalue weighted by atomic mass is 10.3. The van der Waals surface area contributed by atoms with Crippen molar-refractivity contribution in [1.82, 2.24) is 9.38 Å². The highest BCUT2D eigenvalue weighted by Gasteiger charge is 2.17. The largest absolute Gasteiger partial charge is 0.434 e. The van der Waals surface area contributed by atoms with Gasteiger partial charge >= 0.3 is 0 Å². The number of halogens is 2. The van der Waals surface area contributed by atoms with Crippen molar-refractivity contribution in [2.24, 2.45) is 0 Å². The minimum atomic E-state index is -0.683. The highest BCUT2D eigenvalue weighted by Crippen LogP contribution is 2.31. The minimum absolute atomic E-state index is 0.0498. The maximum atomic E-state index is 13.7. The highest BCUT2D eigenvalue weighted by molar-refractivity contribution is 7.15. The standard InChI is InChI=1S/C12H6ClFN2O2S/c13-7-2-1-3-9(10(7)14)18-11-8(6-17)16-4-5-19-12(16)15-11/h1-6H. The first-order valence-corrected chi connectivity index (χ1v) is 6.49. The number of hydrogen-bond donors (Lipinski definition) is 0. The summed E-state index contributed by atoms with van der Waals surface area (Å²) in [6.07, 6.45) is 2.31. The van der Waals surface area contributed by atoms with Gasteiger partial charge in [-0.05, 0) is 12.1 Å². The third kappa shape index (κ3) is 1.98. The van der Waals surface area contributed by atoms with E-state index < -0.39 is 5.82 Å². The van der Waals surface area contributed by atoms with Gasteiger partial charge in [0.2, 0.25) is 5.88 Å². The fraction of sp³-hybridized carbons (Fsp3) is 0. The van der Waals surface area contributed by atoms with Crippen LogP contribution in [-0.2, 0) is 0 Å². The summed E-state index contributed by atoms with van der Waals surface area (Å²) in [6.45, 7) is 0. The molecule has 0 amide bonds. The van der Waals surface area contributed by atoms with E-state index in [0.717, 1.165) is 0 Å². The molecule has 4 nitrogen and oxygen atoms in total. The molecular weight excluding hydrogens is 291 g/mol. The van der Waals surface area contributed by atoms with E-state index in [4.69, 9.17) is 16.3 Å². The molecule has 1 aromatic carbocycles. The monoisotopic (exact) mass is 296 g/mol. The van der Waals surface area contributed by atoms with E-state index in [-0.39, 0.29) is 22.3 Å². The summed E-state index contributed by atoms with van der Waals surface area (Å²) in [5, 5.41) is 1.74. The van der Waals surface area contributed by atoms with Crippen LogP contribution >= 0.6 is 22.9 Å². The average molecular weight is 297 g/mol. The Kier molecular flexibility index (Phi) is 2.96. The Bertz CT molecular complexity index is 768. The number of thiazole rings is 1. The normalized spacial score (nSPS) is 10.8. The van der Waals surface area contributed by atoms with Gasteiger partial charge in [-0.25, -0.2) is 4.39 Å². The molecule has 0 aliphatic rings. The van der Waals surface area contributed by atoms with Gasteiger partial charge in [-0.3, -0.25) is 9.20 Å². The van der Waals surface area contributed by atoms with Gasteiger partial charge in [-0.2, -0.15) is 4.98 Å². The Morgan fingerprint density at radius 2 is 2.32 bits per heavy atom. The molecule has 0 N–H and O–H groups in total. The maximum Gasteiger partial charge on any atom is 0.250 e. The Morgan fingerprint density at radius 1 is 1.47 bits per heavy atom. The molecule has 96 valence electrons. The van der Waals surface area contributed by atoms with E-state index in [1.807, 2.05) is 0 Å². The maximum absolute atomic E-state index is 13.7. The van der Waals surface area contributed by atoms with Crippen LogP contribution in [-0.4, -0.2) is 15.7 Å². The van der Waals surface area contributed by atoms with Crippen LogP contribution in [0.25, 0.3) is 4.96 Å². The van der Waals surface area contributed by atoms with Gasteiger partial charge in [0.05, 0.1) is 5.02 Å². The van der Waals surface area contributed by atoms with Crippen LogP contribution in [0.2, 0.25) is 5.02 Å². The van der Waals surface area contributed by atoms with Crippen LogP contribution in [0.5, 0.6) is 11.6 Å². The fourth-order valence-corrected chi connectivity index (χ4v) is 2.51. The zero-order valence-electron chi connectivity index (χ0n) is 9.34. The summed E-state index contributed by atoms with van der Waals surface area (Å²) >= 11 is 7.01. The van der Waals surface area contributed by atoms with E-state index in [0.29, 0.717) is 11.2 Å². The number of rotatable bonds is 3. The minimum Gasteiger partial charge on any atom is -0.434 e. The SMILES string of the molecule is O=Cc1c(Oc2cccc(Cl)c2F)nc2sccn12. The highest BCUT2D eigenvalue weighted by atomic mass is 35.5. The molecule has 2 aromatic heterocycles. The summed E-state index contributed by atoms with van der Waals surface area (Å²) in [4.78, 5) is 15.8. The zero-order valence-corrected chi connectivity index (χ0v) is 10.9. The predicted molar refractivity (Wildman–Crippen MR) is 69.9 cm³/mol. The smallest absolute Gasteiger partial charge is 0.250 e. The van der Waals surface area contributed by atoms with Gasteiger partial charge in [0, 0.05) is 11.6 Å². The quantitative estimate of drug-likeness (QED) is 0.691. The summed E-state index contributed by atoms with van der Waals surface area (Å²) in [5.74, 6) is -0.693. The van der Waals surface area contributed by atoms with Crippen molar-refractivity contribution < 1.29 is 13.9 Å². The molecule has 0 saturated heterocycles. The second kappa shape index (κ2) is 4.64. The van der Waals surface area contributed by atoms with Crippen molar-refractivity contribution in [2.45, 2.75) is 0 Å². The lowest BCUT2D eigenvalue weighted by Gasteiger charge is -2.05. The summed E-state index contributed by atoms with van der Waals surface area (Å²) < 4.78 is 20.6. The molecule has 0 saturated carbocycles. The molecule has 2 heterocycles. The predicted octanol–water partition coefficient (Wildman–Crippen LogP) is 3.79. The molecule has 0 spiro atoms. The van der Waals surface area contributed by atoms with Crippen LogP contribution in [0.3, 0.4) is 0 Å². The van der Waals surface area contributed by atoms with Gasteiger partial charge < -0.3 is 4.74 Å². The molecule has 7 heteroatoms. The average Bonchev–Trinajstić information content (AvgIpc) is 2.95. The van der Waals surface area contributed by atoms with Crippen LogP contribution in [0, 0.1) is 5.82 Å². The molecule has 0 fully saturated rings. The number of fused-ring (bicyclic) bond motifs is 1. The number of aldehydes is 1. The molecule has 0 radical (unpaired) electrons. The Morgan fingerprint density at radius 3 is 3.11 bits per heavy atom. The van der Waals surface area contributed by atoms with E-state index in [1.54, 1.807) is 22.0 Å². The van der Waals surface area contributed by atoms with Gasteiger partial charge in [0.25, 0.3) is 0 Å². The number of imidazole rings is 1. The second-order valence-corrected chi connectivity index (χ2v) is 4.91. The fourth-order valence-electron chi connectivity index (χ4n) is 1.63. The van der Waals surface area contributed by atoms with Crippen LogP contribution in [0.15, 0.2) is 29.8 Å².